The number of hydrogen-bond donors (Lipinski definition) is 1. The third-order valence-corrected chi connectivity index (χ3v) is 5.48. The number of ether oxygens (including phenoxy) is 2. The zero-order valence-corrected chi connectivity index (χ0v) is 17.2. The number of methoxy groups -OCH3 is 2. The minimum Gasteiger partial charge on any atom is -0.497 e. The molecule has 0 aromatic heterocycles. The van der Waals surface area contributed by atoms with Crippen molar-refractivity contribution in [1.82, 2.24) is 10.2 Å². The highest BCUT2D eigenvalue weighted by atomic mass is 16.5. The molecule has 1 fully saturated rings. The van der Waals surface area contributed by atoms with Crippen LogP contribution < -0.4 is 14.8 Å². The lowest BCUT2D eigenvalue weighted by Gasteiger charge is -2.39. The normalized spacial score (nSPS) is 18.8. The number of rotatable bonds is 6. The van der Waals surface area contributed by atoms with E-state index in [0.29, 0.717) is 30.9 Å². The Morgan fingerprint density at radius 2 is 1.79 bits per heavy atom. The number of para-hydroxylation sites is 1. The van der Waals surface area contributed by atoms with Crippen molar-refractivity contribution >= 4 is 11.8 Å². The zero-order valence-electron chi connectivity index (χ0n) is 17.2. The molecule has 0 unspecified atom stereocenters. The zero-order chi connectivity index (χ0) is 20.9. The molecule has 3 rings (SSSR count). The highest BCUT2D eigenvalue weighted by Crippen LogP contribution is 2.32. The molecule has 1 aliphatic heterocycles. The molecule has 0 radical (unpaired) electrons. The summed E-state index contributed by atoms with van der Waals surface area (Å²) in [6.45, 7) is 3.40. The average Bonchev–Trinajstić information content (AvgIpc) is 2.77. The third-order valence-electron chi connectivity index (χ3n) is 5.48. The minimum atomic E-state index is -0.623. The molecule has 1 heterocycles. The summed E-state index contributed by atoms with van der Waals surface area (Å²) in [6, 6.07) is 14.8. The van der Waals surface area contributed by atoms with Crippen molar-refractivity contribution in [3.63, 3.8) is 0 Å². The second-order valence-corrected chi connectivity index (χ2v) is 7.62. The van der Waals surface area contributed by atoms with Gasteiger partial charge in [0.1, 0.15) is 11.5 Å². The van der Waals surface area contributed by atoms with Crippen LogP contribution in [0.25, 0.3) is 0 Å². The number of carbonyl (C=O) groups excluding carboxylic acids is 2. The molecule has 0 spiro atoms. The van der Waals surface area contributed by atoms with E-state index in [2.05, 4.69) is 5.32 Å². The van der Waals surface area contributed by atoms with Crippen LogP contribution in [0.3, 0.4) is 0 Å². The maximum absolute atomic E-state index is 13.0. The van der Waals surface area contributed by atoms with Crippen LogP contribution in [0.4, 0.5) is 0 Å². The van der Waals surface area contributed by atoms with E-state index in [4.69, 9.17) is 9.47 Å². The third kappa shape index (κ3) is 4.70. The van der Waals surface area contributed by atoms with Crippen molar-refractivity contribution in [2.24, 2.45) is 5.41 Å². The summed E-state index contributed by atoms with van der Waals surface area (Å²) < 4.78 is 10.5. The summed E-state index contributed by atoms with van der Waals surface area (Å²) in [7, 11) is 3.18. The number of carbonyl (C=O) groups is 2. The van der Waals surface area contributed by atoms with Gasteiger partial charge in [0.05, 0.1) is 25.2 Å². The van der Waals surface area contributed by atoms with Crippen LogP contribution in [-0.2, 0) is 11.3 Å². The Labute approximate surface area is 171 Å². The van der Waals surface area contributed by atoms with E-state index >= 15 is 0 Å². The van der Waals surface area contributed by atoms with Crippen LogP contribution in [-0.4, -0.2) is 44.0 Å². The lowest BCUT2D eigenvalue weighted by atomic mass is 9.80. The molecule has 2 amide bonds. The van der Waals surface area contributed by atoms with E-state index in [1.807, 2.05) is 43.3 Å². The predicted molar refractivity (Wildman–Crippen MR) is 111 cm³/mol. The van der Waals surface area contributed by atoms with Crippen LogP contribution in [0.1, 0.15) is 35.7 Å². The SMILES string of the molecule is COc1ccc(CNC(=O)[C@@]2(C)CCCN(C(=O)c3ccccc3OC)C2)cc1. The minimum absolute atomic E-state index is 0.0363. The van der Waals surface area contributed by atoms with Crippen molar-refractivity contribution < 1.29 is 19.1 Å². The maximum Gasteiger partial charge on any atom is 0.257 e. The topological polar surface area (TPSA) is 67.9 Å². The van der Waals surface area contributed by atoms with Crippen LogP contribution in [0.15, 0.2) is 48.5 Å². The van der Waals surface area contributed by atoms with Gasteiger partial charge in [-0.15, -0.1) is 0 Å². The van der Waals surface area contributed by atoms with Gasteiger partial charge in [-0.25, -0.2) is 0 Å². The first-order valence-corrected chi connectivity index (χ1v) is 9.80. The summed E-state index contributed by atoms with van der Waals surface area (Å²) in [5, 5.41) is 3.03. The molecule has 0 aliphatic carbocycles. The highest BCUT2D eigenvalue weighted by Gasteiger charge is 2.39. The number of likely N-dealkylation sites (tertiary alicyclic amines) is 1. The van der Waals surface area contributed by atoms with Crippen molar-refractivity contribution in [2.45, 2.75) is 26.3 Å². The summed E-state index contributed by atoms with van der Waals surface area (Å²) >= 11 is 0. The average molecular weight is 396 g/mol. The quantitative estimate of drug-likeness (QED) is 0.814. The molecule has 154 valence electrons. The first kappa shape index (κ1) is 20.7. The van der Waals surface area contributed by atoms with Crippen LogP contribution >= 0.6 is 0 Å². The van der Waals surface area contributed by atoms with Gasteiger partial charge in [0.2, 0.25) is 5.91 Å². The molecule has 0 bridgehead atoms. The smallest absolute Gasteiger partial charge is 0.257 e. The van der Waals surface area contributed by atoms with Gasteiger partial charge in [-0.05, 0) is 49.6 Å². The summed E-state index contributed by atoms with van der Waals surface area (Å²) in [4.78, 5) is 27.7. The van der Waals surface area contributed by atoms with E-state index in [9.17, 15) is 9.59 Å². The van der Waals surface area contributed by atoms with Crippen molar-refractivity contribution in [2.75, 3.05) is 27.3 Å². The second kappa shape index (κ2) is 8.99. The summed E-state index contributed by atoms with van der Waals surface area (Å²) in [5.41, 5.74) is 0.904. The van der Waals surface area contributed by atoms with Crippen LogP contribution in [0.2, 0.25) is 0 Å². The van der Waals surface area contributed by atoms with Crippen LogP contribution in [0, 0.1) is 5.41 Å². The lowest BCUT2D eigenvalue weighted by molar-refractivity contribution is -0.132. The first-order valence-electron chi connectivity index (χ1n) is 9.80. The van der Waals surface area contributed by atoms with E-state index in [1.165, 1.54) is 0 Å². The van der Waals surface area contributed by atoms with E-state index in [-0.39, 0.29) is 11.8 Å². The molecular weight excluding hydrogens is 368 g/mol. The Hall–Kier alpha value is -3.02. The lowest BCUT2D eigenvalue weighted by Crippen LogP contribution is -2.51. The van der Waals surface area contributed by atoms with Crippen molar-refractivity contribution in [3.05, 3.63) is 59.7 Å². The molecule has 2 aromatic rings. The first-order chi connectivity index (χ1) is 14.0. The molecule has 1 N–H and O–H groups in total. The van der Waals surface area contributed by atoms with Gasteiger partial charge in [-0.2, -0.15) is 0 Å². The largest absolute Gasteiger partial charge is 0.497 e. The Bertz CT molecular complexity index is 865. The molecule has 1 aliphatic rings. The number of nitrogens with zero attached hydrogens (tertiary/aromatic N) is 1. The van der Waals surface area contributed by atoms with E-state index in [1.54, 1.807) is 31.3 Å². The summed E-state index contributed by atoms with van der Waals surface area (Å²) in [6.07, 6.45) is 1.53. The number of nitrogens with one attached hydrogen (secondary N) is 1. The molecule has 2 aromatic carbocycles. The Morgan fingerprint density at radius 1 is 1.07 bits per heavy atom. The molecular formula is C23H28N2O4. The fourth-order valence-corrected chi connectivity index (χ4v) is 3.73. The molecule has 1 saturated heterocycles. The van der Waals surface area contributed by atoms with Crippen molar-refractivity contribution in [1.29, 1.82) is 0 Å². The predicted octanol–water partition coefficient (Wildman–Crippen LogP) is 3.26. The van der Waals surface area contributed by atoms with E-state index < -0.39 is 5.41 Å². The summed E-state index contributed by atoms with van der Waals surface area (Å²) in [5.74, 6) is 1.20. The number of hydrogen-bond acceptors (Lipinski definition) is 4. The van der Waals surface area contributed by atoms with Gasteiger partial charge in [0.25, 0.3) is 5.91 Å². The monoisotopic (exact) mass is 396 g/mol. The Morgan fingerprint density at radius 3 is 2.48 bits per heavy atom. The molecule has 1 atom stereocenters. The molecule has 0 saturated carbocycles. The van der Waals surface area contributed by atoms with Crippen LogP contribution in [0.5, 0.6) is 11.5 Å². The number of benzene rings is 2. The van der Waals surface area contributed by atoms with E-state index in [0.717, 1.165) is 24.2 Å². The standard InChI is InChI=1S/C23H28N2O4/c1-23(22(27)24-15-17-9-11-18(28-2)12-10-17)13-6-14-25(16-23)21(26)19-7-4-5-8-20(19)29-3/h4-5,7-12H,6,13-16H2,1-3H3,(H,24,27)/t23-/m0/s1. The molecule has 6 nitrogen and oxygen atoms in total. The van der Waals surface area contributed by atoms with Gasteiger partial charge >= 0.3 is 0 Å². The highest BCUT2D eigenvalue weighted by molar-refractivity contribution is 5.97. The van der Waals surface area contributed by atoms with Gasteiger partial charge in [-0.3, -0.25) is 9.59 Å². The van der Waals surface area contributed by atoms with Crippen molar-refractivity contribution in [3.8, 4) is 11.5 Å². The molecule has 29 heavy (non-hydrogen) atoms. The fourth-order valence-electron chi connectivity index (χ4n) is 3.73. The maximum atomic E-state index is 13.0. The number of piperidine rings is 1. The second-order valence-electron chi connectivity index (χ2n) is 7.62. The number of amides is 2. The van der Waals surface area contributed by atoms with Gasteiger partial charge < -0.3 is 19.7 Å². The van der Waals surface area contributed by atoms with Gasteiger partial charge in [-0.1, -0.05) is 24.3 Å². The van der Waals surface area contributed by atoms with Gasteiger partial charge in [0, 0.05) is 19.6 Å². The Balaban J connectivity index is 1.65. The Kier molecular flexibility index (Phi) is 6.42. The molecule has 6 heteroatoms. The van der Waals surface area contributed by atoms with Gasteiger partial charge in [0.15, 0.2) is 0 Å². The fraction of sp³-hybridized carbons (Fsp3) is 0.391.